The van der Waals surface area contributed by atoms with Crippen LogP contribution >= 0.6 is 0 Å². The fourth-order valence-corrected chi connectivity index (χ4v) is 2.92. The van der Waals surface area contributed by atoms with Crippen LogP contribution in [0.1, 0.15) is 24.0 Å². The summed E-state index contributed by atoms with van der Waals surface area (Å²) in [5.41, 5.74) is 2.66. The van der Waals surface area contributed by atoms with E-state index in [0.717, 1.165) is 39.1 Å². The molecule has 0 amide bonds. The van der Waals surface area contributed by atoms with Gasteiger partial charge in [-0.2, -0.15) is 0 Å². The third kappa shape index (κ3) is 4.03. The van der Waals surface area contributed by atoms with E-state index in [-0.39, 0.29) is 12.0 Å². The highest BCUT2D eigenvalue weighted by atomic mass is 16.5. The Balaban J connectivity index is 1.94. The summed E-state index contributed by atoms with van der Waals surface area (Å²) in [7, 11) is 2.13. The van der Waals surface area contributed by atoms with Crippen LogP contribution in [-0.4, -0.2) is 43.4 Å². The van der Waals surface area contributed by atoms with E-state index in [9.17, 15) is 5.11 Å². The minimum Gasteiger partial charge on any atom is -0.396 e. The first kappa shape index (κ1) is 14.5. The lowest BCUT2D eigenvalue weighted by Crippen LogP contribution is -2.42. The van der Waals surface area contributed by atoms with Crippen LogP contribution in [0.4, 0.5) is 0 Å². The molecule has 1 aromatic rings. The predicted octanol–water partition coefficient (Wildman–Crippen LogP) is 2.22. The van der Waals surface area contributed by atoms with Gasteiger partial charge in [-0.1, -0.05) is 29.8 Å². The van der Waals surface area contributed by atoms with Crippen molar-refractivity contribution in [2.24, 2.45) is 5.41 Å². The molecule has 0 radical (unpaired) electrons. The highest BCUT2D eigenvalue weighted by molar-refractivity contribution is 5.22. The number of hydrogen-bond acceptors (Lipinski definition) is 3. The SMILES string of the molecule is Cc1cccc(CN(C)CC2(CO)CCOCC2)c1. The number of benzene rings is 1. The standard InChI is InChI=1S/C16H25NO2/c1-14-4-3-5-15(10-14)11-17(2)12-16(13-18)6-8-19-9-7-16/h3-5,10,18H,6-9,11-13H2,1-2H3. The van der Waals surface area contributed by atoms with Gasteiger partial charge in [-0.05, 0) is 32.4 Å². The molecule has 106 valence electrons. The van der Waals surface area contributed by atoms with E-state index in [2.05, 4.69) is 43.1 Å². The topological polar surface area (TPSA) is 32.7 Å². The summed E-state index contributed by atoms with van der Waals surface area (Å²) in [4.78, 5) is 2.32. The van der Waals surface area contributed by atoms with E-state index in [1.807, 2.05) is 0 Å². The lowest BCUT2D eigenvalue weighted by molar-refractivity contribution is -0.0318. The van der Waals surface area contributed by atoms with Crippen molar-refractivity contribution in [2.75, 3.05) is 33.4 Å². The zero-order valence-electron chi connectivity index (χ0n) is 12.1. The van der Waals surface area contributed by atoms with Gasteiger partial charge in [-0.3, -0.25) is 0 Å². The van der Waals surface area contributed by atoms with Gasteiger partial charge in [0.15, 0.2) is 0 Å². The molecule has 0 saturated carbocycles. The van der Waals surface area contributed by atoms with Gasteiger partial charge < -0.3 is 14.7 Å². The fourth-order valence-electron chi connectivity index (χ4n) is 2.92. The van der Waals surface area contributed by atoms with Crippen molar-refractivity contribution in [3.8, 4) is 0 Å². The number of hydrogen-bond donors (Lipinski definition) is 1. The van der Waals surface area contributed by atoms with Crippen LogP contribution < -0.4 is 0 Å². The summed E-state index contributed by atoms with van der Waals surface area (Å²) < 4.78 is 5.41. The molecule has 0 aromatic heterocycles. The number of nitrogens with zero attached hydrogens (tertiary/aromatic N) is 1. The molecule has 0 bridgehead atoms. The highest BCUT2D eigenvalue weighted by Crippen LogP contribution is 2.31. The number of ether oxygens (including phenoxy) is 1. The Kier molecular flexibility index (Phi) is 4.97. The first-order chi connectivity index (χ1) is 9.13. The van der Waals surface area contributed by atoms with Crippen LogP contribution in [0.5, 0.6) is 0 Å². The molecular weight excluding hydrogens is 238 g/mol. The quantitative estimate of drug-likeness (QED) is 0.884. The van der Waals surface area contributed by atoms with Crippen molar-refractivity contribution in [3.05, 3.63) is 35.4 Å². The molecule has 1 fully saturated rings. The lowest BCUT2D eigenvalue weighted by atomic mass is 9.80. The van der Waals surface area contributed by atoms with Crippen LogP contribution in [-0.2, 0) is 11.3 Å². The van der Waals surface area contributed by atoms with Gasteiger partial charge in [0.2, 0.25) is 0 Å². The molecule has 0 aliphatic carbocycles. The maximum absolute atomic E-state index is 9.72. The van der Waals surface area contributed by atoms with Crippen molar-refractivity contribution in [1.29, 1.82) is 0 Å². The van der Waals surface area contributed by atoms with Crippen LogP contribution in [0.3, 0.4) is 0 Å². The van der Waals surface area contributed by atoms with Gasteiger partial charge in [-0.15, -0.1) is 0 Å². The Bertz CT molecular complexity index is 399. The van der Waals surface area contributed by atoms with Gasteiger partial charge >= 0.3 is 0 Å². The zero-order valence-corrected chi connectivity index (χ0v) is 12.1. The lowest BCUT2D eigenvalue weighted by Gasteiger charge is -2.38. The van der Waals surface area contributed by atoms with Gasteiger partial charge in [0.05, 0.1) is 6.61 Å². The fraction of sp³-hybridized carbons (Fsp3) is 0.625. The Hall–Kier alpha value is -0.900. The first-order valence-electron chi connectivity index (χ1n) is 7.06. The Morgan fingerprint density at radius 1 is 1.32 bits per heavy atom. The van der Waals surface area contributed by atoms with E-state index in [1.54, 1.807) is 0 Å². The zero-order chi connectivity index (χ0) is 13.7. The van der Waals surface area contributed by atoms with Gasteiger partial charge in [0, 0.05) is 31.7 Å². The molecule has 2 rings (SSSR count). The van der Waals surface area contributed by atoms with Crippen LogP contribution in [0.25, 0.3) is 0 Å². The Morgan fingerprint density at radius 2 is 2.05 bits per heavy atom. The highest BCUT2D eigenvalue weighted by Gasteiger charge is 2.33. The molecule has 0 spiro atoms. The molecule has 1 N–H and O–H groups in total. The smallest absolute Gasteiger partial charge is 0.0501 e. The second-order valence-corrected chi connectivity index (χ2v) is 5.93. The number of rotatable bonds is 5. The Morgan fingerprint density at radius 3 is 2.68 bits per heavy atom. The van der Waals surface area contributed by atoms with E-state index >= 15 is 0 Å². The van der Waals surface area contributed by atoms with Crippen LogP contribution in [0.2, 0.25) is 0 Å². The van der Waals surface area contributed by atoms with Crippen molar-refractivity contribution >= 4 is 0 Å². The number of aryl methyl sites for hydroxylation is 1. The van der Waals surface area contributed by atoms with Gasteiger partial charge in [0.25, 0.3) is 0 Å². The minimum atomic E-state index is 0.0246. The van der Waals surface area contributed by atoms with Crippen molar-refractivity contribution in [3.63, 3.8) is 0 Å². The molecule has 19 heavy (non-hydrogen) atoms. The molecule has 1 aromatic carbocycles. The van der Waals surface area contributed by atoms with Crippen molar-refractivity contribution < 1.29 is 9.84 Å². The van der Waals surface area contributed by atoms with Crippen molar-refractivity contribution in [2.45, 2.75) is 26.3 Å². The summed E-state index contributed by atoms with van der Waals surface area (Å²) in [6, 6.07) is 8.62. The molecular formula is C16H25NO2. The molecule has 1 aliphatic rings. The largest absolute Gasteiger partial charge is 0.396 e. The van der Waals surface area contributed by atoms with Gasteiger partial charge in [0.1, 0.15) is 0 Å². The number of aliphatic hydroxyl groups is 1. The van der Waals surface area contributed by atoms with Gasteiger partial charge in [-0.25, -0.2) is 0 Å². The second-order valence-electron chi connectivity index (χ2n) is 5.93. The third-order valence-electron chi connectivity index (χ3n) is 4.03. The van der Waals surface area contributed by atoms with E-state index in [1.165, 1.54) is 11.1 Å². The molecule has 1 heterocycles. The van der Waals surface area contributed by atoms with E-state index in [0.29, 0.717) is 0 Å². The average Bonchev–Trinajstić information content (AvgIpc) is 2.39. The molecule has 3 heteroatoms. The first-order valence-corrected chi connectivity index (χ1v) is 7.06. The summed E-state index contributed by atoms with van der Waals surface area (Å²) >= 11 is 0. The molecule has 1 saturated heterocycles. The molecule has 1 aliphatic heterocycles. The summed E-state index contributed by atoms with van der Waals surface area (Å²) in [6.45, 7) is 5.80. The number of aliphatic hydroxyl groups excluding tert-OH is 1. The summed E-state index contributed by atoms with van der Waals surface area (Å²) in [5.74, 6) is 0. The molecule has 0 unspecified atom stereocenters. The summed E-state index contributed by atoms with van der Waals surface area (Å²) in [5, 5.41) is 9.72. The van der Waals surface area contributed by atoms with E-state index < -0.39 is 0 Å². The third-order valence-corrected chi connectivity index (χ3v) is 4.03. The second kappa shape index (κ2) is 6.51. The van der Waals surface area contributed by atoms with E-state index in [4.69, 9.17) is 4.74 Å². The Labute approximate surface area is 116 Å². The maximum Gasteiger partial charge on any atom is 0.0501 e. The maximum atomic E-state index is 9.72. The molecule has 0 atom stereocenters. The molecule has 3 nitrogen and oxygen atoms in total. The minimum absolute atomic E-state index is 0.0246. The summed E-state index contributed by atoms with van der Waals surface area (Å²) in [6.07, 6.45) is 1.92. The average molecular weight is 263 g/mol. The van der Waals surface area contributed by atoms with Crippen LogP contribution in [0, 0.1) is 12.3 Å². The monoisotopic (exact) mass is 263 g/mol. The van der Waals surface area contributed by atoms with Crippen LogP contribution in [0.15, 0.2) is 24.3 Å². The normalized spacial score (nSPS) is 18.7. The predicted molar refractivity (Wildman–Crippen MR) is 77.1 cm³/mol. The van der Waals surface area contributed by atoms with Crippen molar-refractivity contribution in [1.82, 2.24) is 4.90 Å².